The summed E-state index contributed by atoms with van der Waals surface area (Å²) in [5, 5.41) is 18.6. The quantitative estimate of drug-likeness (QED) is 0.774. The third kappa shape index (κ3) is 3.09. The number of pyridine rings is 1. The van der Waals surface area contributed by atoms with Gasteiger partial charge >= 0.3 is 7.12 Å². The lowest BCUT2D eigenvalue weighted by Gasteiger charge is -2.11. The lowest BCUT2D eigenvalue weighted by molar-refractivity contribution is 0.306. The van der Waals surface area contributed by atoms with E-state index in [2.05, 4.69) is 4.98 Å². The molecule has 0 atom stereocenters. The van der Waals surface area contributed by atoms with Gasteiger partial charge in [0, 0.05) is 23.4 Å². The van der Waals surface area contributed by atoms with Crippen LogP contribution in [0.5, 0.6) is 5.75 Å². The van der Waals surface area contributed by atoms with Gasteiger partial charge in [0.1, 0.15) is 12.4 Å². The number of rotatable bonds is 4. The summed E-state index contributed by atoms with van der Waals surface area (Å²) < 4.78 is 5.58. The molecule has 0 amide bonds. The first kappa shape index (κ1) is 12.6. The first-order valence-electron chi connectivity index (χ1n) is 5.65. The minimum absolute atomic E-state index is 0.344. The number of hydrogen-bond acceptors (Lipinski definition) is 4. The normalized spacial score (nSPS) is 10.2. The molecule has 1 aromatic carbocycles. The van der Waals surface area contributed by atoms with Crippen LogP contribution < -0.4 is 10.2 Å². The summed E-state index contributed by atoms with van der Waals surface area (Å²) in [4.78, 5) is 3.99. The van der Waals surface area contributed by atoms with Gasteiger partial charge in [-0.15, -0.1) is 0 Å². The predicted molar refractivity (Wildman–Crippen MR) is 69.6 cm³/mol. The average Bonchev–Trinajstić information content (AvgIpc) is 2.38. The molecule has 0 fully saturated rings. The highest BCUT2D eigenvalue weighted by Gasteiger charge is 2.17. The van der Waals surface area contributed by atoms with E-state index in [1.165, 1.54) is 0 Å². The van der Waals surface area contributed by atoms with Gasteiger partial charge in [0.2, 0.25) is 0 Å². The zero-order chi connectivity index (χ0) is 13.0. The van der Waals surface area contributed by atoms with E-state index in [-0.39, 0.29) is 0 Å². The lowest BCUT2D eigenvalue weighted by Crippen LogP contribution is -2.31. The number of hydrogen-bond donors (Lipinski definition) is 2. The summed E-state index contributed by atoms with van der Waals surface area (Å²) in [5.74, 6) is 0.472. The van der Waals surface area contributed by atoms with Crippen LogP contribution in [0.3, 0.4) is 0 Å². The second-order valence-electron chi connectivity index (χ2n) is 4.06. The largest absolute Gasteiger partial charge is 0.492 e. The fourth-order valence-electron chi connectivity index (χ4n) is 1.65. The first-order chi connectivity index (χ1) is 8.66. The number of aryl methyl sites for hydroxylation is 1. The summed E-state index contributed by atoms with van der Waals surface area (Å²) in [6.07, 6.45) is 3.40. The Hall–Kier alpha value is -1.85. The molecule has 0 saturated carbocycles. The van der Waals surface area contributed by atoms with Crippen molar-refractivity contribution in [1.29, 1.82) is 0 Å². The van der Waals surface area contributed by atoms with Crippen LogP contribution in [0.2, 0.25) is 0 Å². The Bertz CT molecular complexity index is 517. The minimum Gasteiger partial charge on any atom is -0.489 e. The Kier molecular flexibility index (Phi) is 3.97. The molecule has 0 saturated heterocycles. The van der Waals surface area contributed by atoms with Crippen LogP contribution in [0.4, 0.5) is 0 Å². The first-order valence-corrected chi connectivity index (χ1v) is 5.65. The number of nitrogens with zero attached hydrogens (tertiary/aromatic N) is 1. The van der Waals surface area contributed by atoms with E-state index in [1.54, 1.807) is 24.5 Å². The second kappa shape index (κ2) is 5.66. The number of aromatic nitrogens is 1. The molecule has 4 nitrogen and oxygen atoms in total. The summed E-state index contributed by atoms with van der Waals surface area (Å²) in [6, 6.07) is 9.03. The van der Waals surface area contributed by atoms with Crippen molar-refractivity contribution in [2.75, 3.05) is 0 Å². The van der Waals surface area contributed by atoms with Gasteiger partial charge in [-0.3, -0.25) is 4.98 Å². The summed E-state index contributed by atoms with van der Waals surface area (Å²) >= 11 is 0. The molecule has 0 unspecified atom stereocenters. The Morgan fingerprint density at radius 3 is 2.78 bits per heavy atom. The van der Waals surface area contributed by atoms with Gasteiger partial charge in [-0.1, -0.05) is 23.8 Å². The van der Waals surface area contributed by atoms with E-state index in [0.717, 1.165) is 11.1 Å². The van der Waals surface area contributed by atoms with Gasteiger partial charge in [0.05, 0.1) is 0 Å². The van der Waals surface area contributed by atoms with Gasteiger partial charge in [-0.2, -0.15) is 0 Å². The maximum absolute atomic E-state index is 9.29. The zero-order valence-corrected chi connectivity index (χ0v) is 10.1. The number of benzene rings is 1. The Morgan fingerprint density at radius 2 is 2.11 bits per heavy atom. The molecule has 0 aliphatic heterocycles. The zero-order valence-electron chi connectivity index (χ0n) is 10.1. The molecule has 92 valence electrons. The standard InChI is InChI=1S/C13H14BNO3/c1-10-4-5-13(12(7-10)14(16)17)18-9-11-3-2-6-15-8-11/h2-8,16-17H,9H2,1H3. The highest BCUT2D eigenvalue weighted by Crippen LogP contribution is 2.12. The van der Waals surface area contributed by atoms with Crippen molar-refractivity contribution < 1.29 is 14.8 Å². The maximum Gasteiger partial charge on any atom is 0.492 e. The van der Waals surface area contributed by atoms with Crippen molar-refractivity contribution in [2.45, 2.75) is 13.5 Å². The van der Waals surface area contributed by atoms with Crippen LogP contribution >= 0.6 is 0 Å². The van der Waals surface area contributed by atoms with Crippen molar-refractivity contribution >= 4 is 12.6 Å². The van der Waals surface area contributed by atoms with Crippen LogP contribution in [0, 0.1) is 6.92 Å². The monoisotopic (exact) mass is 243 g/mol. The third-order valence-corrected chi connectivity index (χ3v) is 2.56. The molecule has 0 aliphatic carbocycles. The minimum atomic E-state index is -1.53. The number of ether oxygens (including phenoxy) is 1. The van der Waals surface area contributed by atoms with Crippen molar-refractivity contribution in [1.82, 2.24) is 4.98 Å². The molecular weight excluding hydrogens is 229 g/mol. The molecule has 0 spiro atoms. The van der Waals surface area contributed by atoms with E-state index in [1.807, 2.05) is 25.1 Å². The van der Waals surface area contributed by atoms with Gasteiger partial charge in [0.15, 0.2) is 0 Å². The summed E-state index contributed by atoms with van der Waals surface area (Å²) in [6.45, 7) is 2.23. The third-order valence-electron chi connectivity index (χ3n) is 2.56. The molecule has 2 rings (SSSR count). The molecule has 1 heterocycles. The molecule has 0 radical (unpaired) electrons. The molecule has 2 N–H and O–H groups in total. The predicted octanol–water partition coefficient (Wildman–Crippen LogP) is 0.649. The van der Waals surface area contributed by atoms with Crippen LogP contribution in [-0.2, 0) is 6.61 Å². The van der Waals surface area contributed by atoms with Crippen LogP contribution in [0.1, 0.15) is 11.1 Å². The molecular formula is C13H14BNO3. The SMILES string of the molecule is Cc1ccc(OCc2cccnc2)c(B(O)O)c1. The second-order valence-corrected chi connectivity index (χ2v) is 4.06. The van der Waals surface area contributed by atoms with Crippen LogP contribution in [-0.4, -0.2) is 22.2 Å². The van der Waals surface area contributed by atoms with Crippen molar-refractivity contribution in [3.8, 4) is 5.75 Å². The summed E-state index contributed by atoms with van der Waals surface area (Å²) in [7, 11) is -1.53. The fourth-order valence-corrected chi connectivity index (χ4v) is 1.65. The van der Waals surface area contributed by atoms with Crippen molar-refractivity contribution in [2.24, 2.45) is 0 Å². The Labute approximate surface area is 106 Å². The Morgan fingerprint density at radius 1 is 1.28 bits per heavy atom. The highest BCUT2D eigenvalue weighted by molar-refractivity contribution is 6.59. The van der Waals surface area contributed by atoms with Gasteiger partial charge < -0.3 is 14.8 Å². The van der Waals surface area contributed by atoms with Crippen molar-refractivity contribution in [3.05, 3.63) is 53.9 Å². The van der Waals surface area contributed by atoms with E-state index in [0.29, 0.717) is 17.8 Å². The van der Waals surface area contributed by atoms with Crippen molar-refractivity contribution in [3.63, 3.8) is 0 Å². The van der Waals surface area contributed by atoms with Gasteiger partial charge in [-0.05, 0) is 19.1 Å². The van der Waals surface area contributed by atoms with Gasteiger partial charge in [-0.25, -0.2) is 0 Å². The molecule has 2 aromatic rings. The Balaban J connectivity index is 2.14. The van der Waals surface area contributed by atoms with Crippen LogP contribution in [0.25, 0.3) is 0 Å². The summed E-state index contributed by atoms with van der Waals surface area (Å²) in [5.41, 5.74) is 2.25. The van der Waals surface area contributed by atoms with Crippen LogP contribution in [0.15, 0.2) is 42.7 Å². The smallest absolute Gasteiger partial charge is 0.489 e. The average molecular weight is 243 g/mol. The molecule has 0 aliphatic rings. The molecule has 1 aromatic heterocycles. The fraction of sp³-hybridized carbons (Fsp3) is 0.154. The highest BCUT2D eigenvalue weighted by atomic mass is 16.5. The maximum atomic E-state index is 9.29. The van der Waals surface area contributed by atoms with E-state index < -0.39 is 7.12 Å². The van der Waals surface area contributed by atoms with E-state index in [4.69, 9.17) is 4.74 Å². The van der Waals surface area contributed by atoms with E-state index in [9.17, 15) is 10.0 Å². The molecule has 5 heteroatoms. The lowest BCUT2D eigenvalue weighted by atomic mass is 9.79. The molecule has 18 heavy (non-hydrogen) atoms. The molecule has 0 bridgehead atoms. The van der Waals surface area contributed by atoms with Gasteiger partial charge in [0.25, 0.3) is 0 Å². The van der Waals surface area contributed by atoms with E-state index >= 15 is 0 Å². The topological polar surface area (TPSA) is 62.6 Å².